The summed E-state index contributed by atoms with van der Waals surface area (Å²) in [4.78, 5) is 21.8. The summed E-state index contributed by atoms with van der Waals surface area (Å²) in [7, 11) is 0. The number of hydrogen-bond donors (Lipinski definition) is 2. The molecule has 7 heteroatoms. The molecule has 0 fully saturated rings. The van der Waals surface area contributed by atoms with E-state index in [-0.39, 0.29) is 11.5 Å². The molecule has 0 aliphatic heterocycles. The number of nitriles is 1. The predicted molar refractivity (Wildman–Crippen MR) is 114 cm³/mol. The van der Waals surface area contributed by atoms with Gasteiger partial charge in [-0.05, 0) is 74.7 Å². The zero-order chi connectivity index (χ0) is 22.4. The Morgan fingerprint density at radius 2 is 1.63 bits per heavy atom. The summed E-state index contributed by atoms with van der Waals surface area (Å²) >= 11 is 0. The van der Waals surface area contributed by atoms with Crippen molar-refractivity contribution in [2.45, 2.75) is 26.2 Å². The molecule has 0 atom stereocenters. The minimum atomic E-state index is -0.953. The Labute approximate surface area is 176 Å². The van der Waals surface area contributed by atoms with E-state index in [0.29, 0.717) is 35.8 Å². The lowest BCUT2D eigenvalue weighted by Crippen LogP contribution is -2.06. The third-order valence-electron chi connectivity index (χ3n) is 3.78. The first kappa shape index (κ1) is 24.2. The number of carbonyl (C=O) groups is 2. The van der Waals surface area contributed by atoms with Crippen molar-refractivity contribution in [3.05, 3.63) is 71.8 Å². The SMILES string of the molecule is C=C(C)C(=O)OCCCCCOc1ccc(C(=O)O)cc1.N#Cc1ccc(N)cc1. The molecule has 0 unspecified atom stereocenters. The third-order valence-corrected chi connectivity index (χ3v) is 3.78. The van der Waals surface area contributed by atoms with E-state index in [2.05, 4.69) is 6.58 Å². The predicted octanol–water partition coefficient (Wildman–Crippen LogP) is 4.19. The zero-order valence-corrected chi connectivity index (χ0v) is 17.0. The second-order valence-corrected chi connectivity index (χ2v) is 6.39. The molecular formula is C23H26N2O5. The summed E-state index contributed by atoms with van der Waals surface area (Å²) in [5.74, 6) is -0.663. The number of carbonyl (C=O) groups excluding carboxylic acids is 1. The largest absolute Gasteiger partial charge is 0.494 e. The van der Waals surface area contributed by atoms with E-state index in [1.54, 1.807) is 43.3 Å². The summed E-state index contributed by atoms with van der Waals surface area (Å²) in [6.45, 7) is 6.05. The van der Waals surface area contributed by atoms with Crippen molar-refractivity contribution in [2.24, 2.45) is 0 Å². The second-order valence-electron chi connectivity index (χ2n) is 6.39. The minimum Gasteiger partial charge on any atom is -0.494 e. The van der Waals surface area contributed by atoms with Gasteiger partial charge in [-0.15, -0.1) is 0 Å². The standard InChI is InChI=1S/C16H20O5.C7H6N2/c1-12(2)16(19)21-11-5-3-4-10-20-14-8-6-13(7-9-14)15(17)18;8-5-6-1-3-7(9)4-2-6/h6-9H,1,3-5,10-11H2,2H3,(H,17,18);1-4H,9H2. The normalized spacial score (nSPS) is 9.47. The average Bonchev–Trinajstić information content (AvgIpc) is 2.74. The lowest BCUT2D eigenvalue weighted by atomic mass is 10.2. The van der Waals surface area contributed by atoms with E-state index in [4.69, 9.17) is 25.6 Å². The molecule has 2 aromatic carbocycles. The van der Waals surface area contributed by atoms with Gasteiger partial charge in [0.15, 0.2) is 0 Å². The van der Waals surface area contributed by atoms with Crippen LogP contribution in [0.4, 0.5) is 5.69 Å². The molecular weight excluding hydrogens is 384 g/mol. The van der Waals surface area contributed by atoms with Gasteiger partial charge in [-0.25, -0.2) is 9.59 Å². The first-order valence-electron chi connectivity index (χ1n) is 9.38. The van der Waals surface area contributed by atoms with Crippen molar-refractivity contribution in [2.75, 3.05) is 18.9 Å². The number of ether oxygens (including phenoxy) is 2. The van der Waals surface area contributed by atoms with Crippen molar-refractivity contribution in [1.29, 1.82) is 5.26 Å². The van der Waals surface area contributed by atoms with Gasteiger partial charge in [-0.2, -0.15) is 5.26 Å². The summed E-state index contributed by atoms with van der Waals surface area (Å²) < 4.78 is 10.5. The Balaban J connectivity index is 0.000000414. The van der Waals surface area contributed by atoms with Crippen LogP contribution in [0.2, 0.25) is 0 Å². The van der Waals surface area contributed by atoms with Crippen LogP contribution < -0.4 is 10.5 Å². The number of benzene rings is 2. The van der Waals surface area contributed by atoms with Crippen molar-refractivity contribution < 1.29 is 24.2 Å². The molecule has 0 heterocycles. The summed E-state index contributed by atoms with van der Waals surface area (Å²) in [6, 6.07) is 15.1. The van der Waals surface area contributed by atoms with E-state index in [9.17, 15) is 9.59 Å². The molecule has 0 saturated heterocycles. The Morgan fingerprint density at radius 3 is 2.17 bits per heavy atom. The van der Waals surface area contributed by atoms with Gasteiger partial charge in [0.1, 0.15) is 5.75 Å². The van der Waals surface area contributed by atoms with Crippen LogP contribution in [0.3, 0.4) is 0 Å². The fourth-order valence-corrected chi connectivity index (χ4v) is 2.11. The van der Waals surface area contributed by atoms with E-state index < -0.39 is 5.97 Å². The number of nitrogens with two attached hydrogens (primary N) is 1. The highest BCUT2D eigenvalue weighted by atomic mass is 16.5. The van der Waals surface area contributed by atoms with Crippen LogP contribution in [0, 0.1) is 11.3 Å². The highest BCUT2D eigenvalue weighted by Crippen LogP contribution is 2.13. The number of anilines is 1. The Kier molecular flexibility index (Phi) is 10.8. The lowest BCUT2D eigenvalue weighted by molar-refractivity contribution is -0.139. The van der Waals surface area contributed by atoms with E-state index >= 15 is 0 Å². The van der Waals surface area contributed by atoms with Crippen LogP contribution in [0.5, 0.6) is 5.75 Å². The van der Waals surface area contributed by atoms with Gasteiger partial charge < -0.3 is 20.3 Å². The smallest absolute Gasteiger partial charge is 0.335 e. The molecule has 0 aromatic heterocycles. The maximum Gasteiger partial charge on any atom is 0.335 e. The molecule has 2 aromatic rings. The van der Waals surface area contributed by atoms with Crippen LogP contribution in [-0.2, 0) is 9.53 Å². The summed E-state index contributed by atoms with van der Waals surface area (Å²) in [6.07, 6.45) is 2.50. The van der Waals surface area contributed by atoms with E-state index in [1.807, 2.05) is 6.07 Å². The first-order valence-corrected chi connectivity index (χ1v) is 9.38. The molecule has 0 spiro atoms. The number of carboxylic acids is 1. The number of nitrogen functional groups attached to an aromatic ring is 1. The number of esters is 1. The number of unbranched alkanes of at least 4 members (excludes halogenated alkanes) is 2. The molecule has 2 rings (SSSR count). The maximum absolute atomic E-state index is 11.1. The molecule has 0 aliphatic rings. The molecule has 0 saturated carbocycles. The van der Waals surface area contributed by atoms with Crippen molar-refractivity contribution in [3.8, 4) is 11.8 Å². The molecule has 158 valence electrons. The van der Waals surface area contributed by atoms with Crippen molar-refractivity contribution >= 4 is 17.6 Å². The summed E-state index contributed by atoms with van der Waals surface area (Å²) in [5, 5.41) is 17.1. The monoisotopic (exact) mass is 410 g/mol. The fraction of sp³-hybridized carbons (Fsp3) is 0.261. The van der Waals surface area contributed by atoms with Gasteiger partial charge in [0.25, 0.3) is 0 Å². The molecule has 30 heavy (non-hydrogen) atoms. The Hall–Kier alpha value is -3.79. The molecule has 0 amide bonds. The van der Waals surface area contributed by atoms with Gasteiger partial charge in [0.05, 0.1) is 30.4 Å². The highest BCUT2D eigenvalue weighted by molar-refractivity contribution is 5.87. The Morgan fingerprint density at radius 1 is 1.03 bits per heavy atom. The van der Waals surface area contributed by atoms with Crippen LogP contribution in [0.1, 0.15) is 42.1 Å². The van der Waals surface area contributed by atoms with Crippen molar-refractivity contribution in [3.63, 3.8) is 0 Å². The first-order chi connectivity index (χ1) is 14.3. The van der Waals surface area contributed by atoms with Crippen LogP contribution in [-0.4, -0.2) is 30.3 Å². The van der Waals surface area contributed by atoms with Gasteiger partial charge in [0, 0.05) is 11.3 Å². The maximum atomic E-state index is 11.1. The molecule has 3 N–H and O–H groups in total. The lowest BCUT2D eigenvalue weighted by Gasteiger charge is -2.07. The minimum absolute atomic E-state index is 0.238. The van der Waals surface area contributed by atoms with Crippen LogP contribution in [0.15, 0.2) is 60.7 Å². The second kappa shape index (κ2) is 13.4. The quantitative estimate of drug-likeness (QED) is 0.275. The molecule has 0 aliphatic carbocycles. The topological polar surface area (TPSA) is 123 Å². The van der Waals surface area contributed by atoms with Gasteiger partial charge >= 0.3 is 11.9 Å². The van der Waals surface area contributed by atoms with Crippen LogP contribution >= 0.6 is 0 Å². The molecule has 7 nitrogen and oxygen atoms in total. The van der Waals surface area contributed by atoms with Crippen molar-refractivity contribution in [1.82, 2.24) is 0 Å². The zero-order valence-electron chi connectivity index (χ0n) is 17.0. The van der Waals surface area contributed by atoms with E-state index in [0.717, 1.165) is 19.3 Å². The number of nitrogens with zero attached hydrogens (tertiary/aromatic N) is 1. The van der Waals surface area contributed by atoms with E-state index in [1.165, 1.54) is 12.1 Å². The summed E-state index contributed by atoms with van der Waals surface area (Å²) in [5.41, 5.74) is 7.35. The molecule has 0 bridgehead atoms. The number of hydrogen-bond acceptors (Lipinski definition) is 6. The van der Waals surface area contributed by atoms with Crippen LogP contribution in [0.25, 0.3) is 0 Å². The number of carboxylic acid groups (broad SMARTS) is 1. The number of rotatable bonds is 9. The van der Waals surface area contributed by atoms with Gasteiger partial charge in [0.2, 0.25) is 0 Å². The third kappa shape index (κ3) is 9.95. The van der Waals surface area contributed by atoms with Gasteiger partial charge in [-0.3, -0.25) is 0 Å². The average molecular weight is 410 g/mol. The highest BCUT2D eigenvalue weighted by Gasteiger charge is 2.03. The Bertz CT molecular complexity index is 868. The fourth-order valence-electron chi connectivity index (χ4n) is 2.11. The number of aromatic carboxylic acids is 1. The molecule has 0 radical (unpaired) electrons. The van der Waals surface area contributed by atoms with Gasteiger partial charge in [-0.1, -0.05) is 6.58 Å².